The number of methoxy groups -OCH3 is 1. The van der Waals surface area contributed by atoms with Crippen LogP contribution in [0.1, 0.15) is 27.8 Å². The van der Waals surface area contributed by atoms with Crippen LogP contribution in [-0.4, -0.2) is 23.3 Å². The molecule has 1 unspecified atom stereocenters. The molecule has 0 saturated carbocycles. The third kappa shape index (κ3) is 1.24. The van der Waals surface area contributed by atoms with Crippen LogP contribution >= 0.6 is 0 Å². The van der Waals surface area contributed by atoms with Crippen LogP contribution in [0.4, 0.5) is 0 Å². The number of esters is 1. The predicted molar refractivity (Wildman–Crippen MR) is 49.7 cm³/mol. The first-order valence-electron chi connectivity index (χ1n) is 4.35. The van der Waals surface area contributed by atoms with Gasteiger partial charge in [-0.2, -0.15) is 0 Å². The molecule has 0 spiro atoms. The molecular weight excluding hydrogens is 200 g/mol. The van der Waals surface area contributed by atoms with Gasteiger partial charge in [-0.15, -0.1) is 0 Å². The van der Waals surface area contributed by atoms with Crippen molar-refractivity contribution in [2.75, 3.05) is 7.11 Å². The number of rotatable bonds is 1. The highest BCUT2D eigenvalue weighted by Gasteiger charge is 2.35. The van der Waals surface area contributed by atoms with Gasteiger partial charge in [0.1, 0.15) is 11.5 Å². The second-order valence-corrected chi connectivity index (χ2v) is 3.30. The van der Waals surface area contributed by atoms with Crippen molar-refractivity contribution in [3.05, 3.63) is 22.8 Å². The van der Waals surface area contributed by atoms with Gasteiger partial charge in [0.25, 0.3) is 0 Å². The average Bonchev–Trinajstić information content (AvgIpc) is 2.52. The number of fused-ring (bicyclic) bond motifs is 1. The first kappa shape index (κ1) is 9.79. The van der Waals surface area contributed by atoms with Crippen molar-refractivity contribution in [3.8, 4) is 11.5 Å². The summed E-state index contributed by atoms with van der Waals surface area (Å²) in [6.45, 7) is 1.54. The molecule has 0 saturated heterocycles. The van der Waals surface area contributed by atoms with Crippen molar-refractivity contribution in [1.29, 1.82) is 0 Å². The van der Waals surface area contributed by atoms with Gasteiger partial charge in [0.05, 0.1) is 11.1 Å². The van der Waals surface area contributed by atoms with Gasteiger partial charge in [0.15, 0.2) is 0 Å². The molecule has 2 N–H and O–H groups in total. The molecule has 1 atom stereocenters. The fourth-order valence-corrected chi connectivity index (χ4v) is 1.57. The molecule has 15 heavy (non-hydrogen) atoms. The number of carbonyl (C=O) groups is 1. The maximum atomic E-state index is 11.3. The van der Waals surface area contributed by atoms with E-state index in [9.17, 15) is 15.0 Å². The van der Waals surface area contributed by atoms with Gasteiger partial charge in [0.2, 0.25) is 6.29 Å². The summed E-state index contributed by atoms with van der Waals surface area (Å²) in [4.78, 5) is 11.3. The Balaban J connectivity index is 2.69. The number of ether oxygens (including phenoxy) is 2. The van der Waals surface area contributed by atoms with Crippen LogP contribution in [-0.2, 0) is 9.47 Å². The summed E-state index contributed by atoms with van der Waals surface area (Å²) in [5.74, 6) is -0.912. The summed E-state index contributed by atoms with van der Waals surface area (Å²) in [6, 6.07) is 1.27. The Morgan fingerprint density at radius 1 is 1.47 bits per heavy atom. The number of carbonyl (C=O) groups excluding carboxylic acids is 1. The first-order valence-corrected chi connectivity index (χ1v) is 4.35. The smallest absolute Gasteiger partial charge is 0.341 e. The number of hydrogen-bond donors (Lipinski definition) is 2. The van der Waals surface area contributed by atoms with Gasteiger partial charge in [-0.25, -0.2) is 4.79 Å². The molecule has 5 nitrogen and oxygen atoms in total. The second-order valence-electron chi connectivity index (χ2n) is 3.30. The van der Waals surface area contributed by atoms with Gasteiger partial charge < -0.3 is 19.7 Å². The molecule has 0 amide bonds. The fraction of sp³-hybridized carbons (Fsp3) is 0.300. The van der Waals surface area contributed by atoms with Gasteiger partial charge in [0, 0.05) is 12.7 Å². The summed E-state index contributed by atoms with van der Waals surface area (Å²) >= 11 is 0. The van der Waals surface area contributed by atoms with Crippen molar-refractivity contribution < 1.29 is 24.5 Å². The van der Waals surface area contributed by atoms with Crippen molar-refractivity contribution in [1.82, 2.24) is 0 Å². The lowest BCUT2D eigenvalue weighted by Crippen LogP contribution is -2.00. The standard InChI is InChI=1S/C10H10O5/c1-4-6(11)3-5-7(8(4)12)10(14-2)15-9(5)13/h3,10-12H,1-2H3. The third-order valence-corrected chi connectivity index (χ3v) is 2.45. The molecule has 1 aliphatic heterocycles. The zero-order valence-electron chi connectivity index (χ0n) is 8.27. The highest BCUT2D eigenvalue weighted by molar-refractivity contribution is 5.95. The minimum atomic E-state index is -0.896. The van der Waals surface area contributed by atoms with E-state index in [0.717, 1.165) is 0 Å². The minimum Gasteiger partial charge on any atom is -0.508 e. The van der Waals surface area contributed by atoms with Gasteiger partial charge in [-0.1, -0.05) is 0 Å². The van der Waals surface area contributed by atoms with Crippen LogP contribution in [0.15, 0.2) is 6.07 Å². The molecule has 2 rings (SSSR count). The van der Waals surface area contributed by atoms with Crippen LogP contribution in [0.25, 0.3) is 0 Å². The Kier molecular flexibility index (Phi) is 2.04. The SMILES string of the molecule is COC1OC(=O)c2cc(O)c(C)c(O)c21. The Morgan fingerprint density at radius 2 is 2.13 bits per heavy atom. The van der Waals surface area contributed by atoms with Crippen molar-refractivity contribution >= 4 is 5.97 Å². The van der Waals surface area contributed by atoms with Gasteiger partial charge in [-0.05, 0) is 13.0 Å². The van der Waals surface area contributed by atoms with E-state index >= 15 is 0 Å². The number of benzene rings is 1. The average molecular weight is 210 g/mol. The maximum absolute atomic E-state index is 11.3. The minimum absolute atomic E-state index is 0.139. The Labute approximate surface area is 85.9 Å². The van der Waals surface area contributed by atoms with Crippen LogP contribution < -0.4 is 0 Å². The van der Waals surface area contributed by atoms with Crippen LogP contribution in [0, 0.1) is 6.92 Å². The van der Waals surface area contributed by atoms with Crippen LogP contribution in [0.2, 0.25) is 0 Å². The van der Waals surface area contributed by atoms with E-state index in [1.165, 1.54) is 13.2 Å². The molecule has 1 aliphatic rings. The van der Waals surface area contributed by atoms with Crippen molar-refractivity contribution in [2.45, 2.75) is 13.2 Å². The van der Waals surface area contributed by atoms with E-state index in [1.807, 2.05) is 0 Å². The van der Waals surface area contributed by atoms with E-state index in [2.05, 4.69) is 0 Å². The molecule has 0 aliphatic carbocycles. The zero-order chi connectivity index (χ0) is 11.2. The predicted octanol–water partition coefficient (Wildman–Crippen LogP) is 1.22. The number of phenols is 2. The van der Waals surface area contributed by atoms with Crippen molar-refractivity contribution in [3.63, 3.8) is 0 Å². The zero-order valence-corrected chi connectivity index (χ0v) is 8.27. The number of hydrogen-bond acceptors (Lipinski definition) is 5. The maximum Gasteiger partial charge on any atom is 0.341 e. The Bertz CT molecular complexity index is 438. The highest BCUT2D eigenvalue weighted by atomic mass is 16.7. The summed E-state index contributed by atoms with van der Waals surface area (Å²) in [6.07, 6.45) is -0.896. The molecule has 80 valence electrons. The molecule has 5 heteroatoms. The monoisotopic (exact) mass is 210 g/mol. The lowest BCUT2D eigenvalue weighted by molar-refractivity contribution is -0.0823. The van der Waals surface area contributed by atoms with Gasteiger partial charge >= 0.3 is 5.97 Å². The molecular formula is C10H10O5. The Hall–Kier alpha value is -1.75. The lowest BCUT2D eigenvalue weighted by atomic mass is 10.0. The van der Waals surface area contributed by atoms with E-state index in [0.29, 0.717) is 5.56 Å². The summed E-state index contributed by atoms with van der Waals surface area (Å²) in [7, 11) is 1.37. The molecule has 0 aromatic heterocycles. The molecule has 1 aromatic rings. The van der Waals surface area contributed by atoms with Crippen LogP contribution in [0.5, 0.6) is 11.5 Å². The summed E-state index contributed by atoms with van der Waals surface area (Å²) in [5.41, 5.74) is 0.717. The van der Waals surface area contributed by atoms with E-state index in [-0.39, 0.29) is 22.6 Å². The number of cyclic esters (lactones) is 1. The lowest BCUT2D eigenvalue weighted by Gasteiger charge is -2.11. The largest absolute Gasteiger partial charge is 0.508 e. The molecule has 0 bridgehead atoms. The summed E-state index contributed by atoms with van der Waals surface area (Å²) in [5, 5.41) is 19.2. The first-order chi connectivity index (χ1) is 7.06. The normalized spacial score (nSPS) is 18.8. The fourth-order valence-electron chi connectivity index (χ4n) is 1.57. The van der Waals surface area contributed by atoms with Gasteiger partial charge in [-0.3, -0.25) is 0 Å². The van der Waals surface area contributed by atoms with E-state index < -0.39 is 12.3 Å². The third-order valence-electron chi connectivity index (χ3n) is 2.45. The molecule has 1 aromatic carbocycles. The molecule has 0 radical (unpaired) electrons. The topological polar surface area (TPSA) is 76.0 Å². The summed E-state index contributed by atoms with van der Waals surface area (Å²) < 4.78 is 9.74. The number of aromatic hydroxyl groups is 2. The Morgan fingerprint density at radius 3 is 2.73 bits per heavy atom. The van der Waals surface area contributed by atoms with E-state index in [1.54, 1.807) is 6.92 Å². The van der Waals surface area contributed by atoms with E-state index in [4.69, 9.17) is 9.47 Å². The quantitative estimate of drug-likeness (QED) is 0.681. The highest BCUT2D eigenvalue weighted by Crippen LogP contribution is 2.42. The second kappa shape index (κ2) is 3.13. The van der Waals surface area contributed by atoms with Crippen molar-refractivity contribution in [2.24, 2.45) is 0 Å². The number of phenolic OH excluding ortho intramolecular Hbond substituents is 2. The van der Waals surface area contributed by atoms with Crippen LogP contribution in [0.3, 0.4) is 0 Å². The molecule has 1 heterocycles. The molecule has 0 fully saturated rings.